The first-order chi connectivity index (χ1) is 8.22. The van der Waals surface area contributed by atoms with Crippen LogP contribution in [0.25, 0.3) is 0 Å². The zero-order valence-corrected chi connectivity index (χ0v) is 13.5. The highest BCUT2D eigenvalue weighted by atomic mass is 35.5. The van der Waals surface area contributed by atoms with Gasteiger partial charge >= 0.3 is 0 Å². The summed E-state index contributed by atoms with van der Waals surface area (Å²) in [4.78, 5) is 2.48. The first kappa shape index (κ1) is 18.8. The number of hydrogen-bond donors (Lipinski definition) is 2. The van der Waals surface area contributed by atoms with Crippen LogP contribution in [0.15, 0.2) is 18.2 Å². The first-order valence-electron chi connectivity index (χ1n) is 6.22. The highest BCUT2D eigenvalue weighted by Crippen LogP contribution is 2.31. The molecule has 0 amide bonds. The van der Waals surface area contributed by atoms with Crippen molar-refractivity contribution >= 4 is 42.1 Å². The van der Waals surface area contributed by atoms with E-state index in [1.807, 2.05) is 18.2 Å². The van der Waals surface area contributed by atoms with Gasteiger partial charge in [0.15, 0.2) is 0 Å². The van der Waals surface area contributed by atoms with Gasteiger partial charge in [0.25, 0.3) is 0 Å². The fraction of sp³-hybridized carbons (Fsp3) is 0.538. The quantitative estimate of drug-likeness (QED) is 0.839. The number of hydrogen-bond acceptors (Lipinski definition) is 3. The van der Waals surface area contributed by atoms with E-state index < -0.39 is 0 Å². The van der Waals surface area contributed by atoms with Gasteiger partial charge in [0.1, 0.15) is 0 Å². The number of benzene rings is 1. The summed E-state index contributed by atoms with van der Waals surface area (Å²) < 4.78 is 0. The third-order valence-corrected chi connectivity index (χ3v) is 3.62. The second kappa shape index (κ2) is 8.88. The molecule has 0 spiro atoms. The van der Waals surface area contributed by atoms with Crippen LogP contribution >= 0.6 is 36.4 Å². The number of halogens is 3. The predicted octanol–water partition coefficient (Wildman–Crippen LogP) is 3.12. The summed E-state index contributed by atoms with van der Waals surface area (Å²) >= 11 is 6.07. The van der Waals surface area contributed by atoms with Crippen molar-refractivity contribution in [3.05, 3.63) is 28.8 Å². The van der Waals surface area contributed by atoms with Gasteiger partial charge in [-0.15, -0.1) is 24.8 Å². The lowest BCUT2D eigenvalue weighted by molar-refractivity contribution is 0.170. The van der Waals surface area contributed by atoms with Crippen molar-refractivity contribution in [3.63, 3.8) is 0 Å². The summed E-state index contributed by atoms with van der Waals surface area (Å²) in [6.45, 7) is 6.45. The molecule has 0 radical (unpaired) electrons. The summed E-state index contributed by atoms with van der Waals surface area (Å²) in [6.07, 6.45) is 1.06. The maximum absolute atomic E-state index is 6.07. The SMILES string of the molecule is CC[C@H](c1cc(Cl)ccc1N)N1CCNCC1.Cl.Cl. The average Bonchev–Trinajstić information content (AvgIpc) is 2.36. The van der Waals surface area contributed by atoms with E-state index in [0.717, 1.165) is 43.3 Å². The number of anilines is 1. The minimum atomic E-state index is 0. The Balaban J connectivity index is 0.00000162. The Morgan fingerprint density at radius 1 is 1.32 bits per heavy atom. The lowest BCUT2D eigenvalue weighted by atomic mass is 10.00. The zero-order chi connectivity index (χ0) is 12.3. The van der Waals surface area contributed by atoms with Crippen LogP contribution < -0.4 is 11.1 Å². The minimum absolute atomic E-state index is 0. The van der Waals surface area contributed by atoms with E-state index in [-0.39, 0.29) is 24.8 Å². The second-order valence-corrected chi connectivity index (χ2v) is 4.92. The van der Waals surface area contributed by atoms with Gasteiger partial charge in [-0.3, -0.25) is 4.90 Å². The molecule has 1 heterocycles. The number of nitrogens with two attached hydrogens (primary N) is 1. The number of piperazine rings is 1. The normalized spacial score (nSPS) is 17.2. The smallest absolute Gasteiger partial charge is 0.0410 e. The molecule has 6 heteroatoms. The molecular formula is C13H22Cl3N3. The Morgan fingerprint density at radius 2 is 1.95 bits per heavy atom. The van der Waals surface area contributed by atoms with Crippen molar-refractivity contribution in [1.82, 2.24) is 10.2 Å². The second-order valence-electron chi connectivity index (χ2n) is 4.48. The molecular weight excluding hydrogens is 305 g/mol. The van der Waals surface area contributed by atoms with Crippen molar-refractivity contribution in [3.8, 4) is 0 Å². The van der Waals surface area contributed by atoms with Crippen molar-refractivity contribution in [2.45, 2.75) is 19.4 Å². The summed E-state index contributed by atoms with van der Waals surface area (Å²) in [6, 6.07) is 6.15. The Hall–Kier alpha value is -0.190. The standard InChI is InChI=1S/C13H20ClN3.2ClH/c1-2-13(17-7-5-16-6-8-17)11-9-10(14)3-4-12(11)15;;/h3-4,9,13,16H,2,5-8,15H2,1H3;2*1H/t13-;;/m1../s1. The molecule has 3 N–H and O–H groups in total. The molecule has 110 valence electrons. The van der Waals surface area contributed by atoms with E-state index in [4.69, 9.17) is 17.3 Å². The molecule has 0 unspecified atom stereocenters. The highest BCUT2D eigenvalue weighted by Gasteiger charge is 2.22. The Morgan fingerprint density at radius 3 is 2.53 bits per heavy atom. The molecule has 0 aliphatic carbocycles. The van der Waals surface area contributed by atoms with Gasteiger partial charge in [-0.1, -0.05) is 18.5 Å². The predicted molar refractivity (Wildman–Crippen MR) is 87.8 cm³/mol. The number of nitrogen functional groups attached to an aromatic ring is 1. The van der Waals surface area contributed by atoms with Crippen LogP contribution in [0.4, 0.5) is 5.69 Å². The Labute approximate surface area is 132 Å². The molecule has 1 saturated heterocycles. The Bertz CT molecular complexity index is 381. The van der Waals surface area contributed by atoms with Gasteiger partial charge in [-0.2, -0.15) is 0 Å². The molecule has 19 heavy (non-hydrogen) atoms. The molecule has 1 aromatic carbocycles. The fourth-order valence-electron chi connectivity index (χ4n) is 2.50. The van der Waals surface area contributed by atoms with Crippen LogP contribution in [0.2, 0.25) is 5.02 Å². The van der Waals surface area contributed by atoms with Crippen LogP contribution in [0, 0.1) is 0 Å². The van der Waals surface area contributed by atoms with Gasteiger partial charge in [0.2, 0.25) is 0 Å². The molecule has 0 bridgehead atoms. The van der Waals surface area contributed by atoms with E-state index in [1.54, 1.807) is 0 Å². The monoisotopic (exact) mass is 325 g/mol. The molecule has 1 atom stereocenters. The summed E-state index contributed by atoms with van der Waals surface area (Å²) in [5.74, 6) is 0. The fourth-order valence-corrected chi connectivity index (χ4v) is 2.68. The summed E-state index contributed by atoms with van der Waals surface area (Å²) in [5.41, 5.74) is 8.09. The van der Waals surface area contributed by atoms with Crippen LogP contribution in [0.5, 0.6) is 0 Å². The zero-order valence-electron chi connectivity index (χ0n) is 11.1. The molecule has 1 aromatic rings. The lowest BCUT2D eigenvalue weighted by Gasteiger charge is -2.35. The number of rotatable bonds is 3. The maximum atomic E-state index is 6.07. The molecule has 0 aromatic heterocycles. The van der Waals surface area contributed by atoms with E-state index >= 15 is 0 Å². The number of nitrogens with zero attached hydrogens (tertiary/aromatic N) is 1. The number of nitrogens with one attached hydrogen (secondary N) is 1. The van der Waals surface area contributed by atoms with Crippen molar-refractivity contribution in [1.29, 1.82) is 0 Å². The van der Waals surface area contributed by atoms with E-state index in [1.165, 1.54) is 5.56 Å². The van der Waals surface area contributed by atoms with E-state index in [0.29, 0.717) is 6.04 Å². The van der Waals surface area contributed by atoms with Gasteiger partial charge in [-0.25, -0.2) is 0 Å². The molecule has 1 aliphatic heterocycles. The van der Waals surface area contributed by atoms with Crippen LogP contribution in [0.3, 0.4) is 0 Å². The molecule has 0 saturated carbocycles. The minimum Gasteiger partial charge on any atom is -0.398 e. The molecule has 1 aliphatic rings. The third-order valence-electron chi connectivity index (χ3n) is 3.39. The van der Waals surface area contributed by atoms with Gasteiger partial charge in [-0.05, 0) is 30.2 Å². The van der Waals surface area contributed by atoms with E-state index in [2.05, 4.69) is 17.1 Å². The van der Waals surface area contributed by atoms with Crippen molar-refractivity contribution in [2.75, 3.05) is 31.9 Å². The molecule has 1 fully saturated rings. The Kier molecular flexibility index (Phi) is 8.79. The lowest BCUT2D eigenvalue weighted by Crippen LogP contribution is -2.45. The maximum Gasteiger partial charge on any atom is 0.0410 e. The largest absolute Gasteiger partial charge is 0.398 e. The van der Waals surface area contributed by atoms with Crippen LogP contribution in [-0.2, 0) is 0 Å². The van der Waals surface area contributed by atoms with Crippen LogP contribution in [-0.4, -0.2) is 31.1 Å². The summed E-state index contributed by atoms with van der Waals surface area (Å²) in [5, 5.41) is 4.14. The highest BCUT2D eigenvalue weighted by molar-refractivity contribution is 6.30. The average molecular weight is 327 g/mol. The topological polar surface area (TPSA) is 41.3 Å². The van der Waals surface area contributed by atoms with E-state index in [9.17, 15) is 0 Å². The molecule has 3 nitrogen and oxygen atoms in total. The van der Waals surface area contributed by atoms with Crippen LogP contribution in [0.1, 0.15) is 24.9 Å². The van der Waals surface area contributed by atoms with Gasteiger partial charge < -0.3 is 11.1 Å². The molecule has 2 rings (SSSR count). The third kappa shape index (κ3) is 4.69. The van der Waals surface area contributed by atoms with Gasteiger partial charge in [0.05, 0.1) is 0 Å². The van der Waals surface area contributed by atoms with Crippen molar-refractivity contribution < 1.29 is 0 Å². The summed E-state index contributed by atoms with van der Waals surface area (Å²) in [7, 11) is 0. The van der Waals surface area contributed by atoms with Crippen molar-refractivity contribution in [2.24, 2.45) is 0 Å². The van der Waals surface area contributed by atoms with Gasteiger partial charge in [0, 0.05) is 42.9 Å². The first-order valence-corrected chi connectivity index (χ1v) is 6.60.